The van der Waals surface area contributed by atoms with E-state index in [1.165, 1.54) is 10.7 Å². The number of hydrogen-bond donors (Lipinski definition) is 4. The molecule has 1 amide bonds. The van der Waals surface area contributed by atoms with Crippen molar-refractivity contribution < 1.29 is 19.0 Å². The van der Waals surface area contributed by atoms with Gasteiger partial charge < -0.3 is 25.8 Å². The topological polar surface area (TPSA) is 126 Å². The SMILES string of the molecule is CNc1cc(Nc2cccnc2O[C@H]2CC[C@H](O)CC2)nc2c(C(=O)N[C@H]3C[C@H]3F)cnn12. The number of halogens is 1. The molecule has 0 radical (unpaired) electrons. The van der Waals surface area contributed by atoms with Gasteiger partial charge in [-0.3, -0.25) is 4.79 Å². The molecule has 0 saturated heterocycles. The molecule has 0 bridgehead atoms. The fourth-order valence-electron chi connectivity index (χ4n) is 3.96. The smallest absolute Gasteiger partial charge is 0.257 e. The molecule has 11 heteroatoms. The van der Waals surface area contributed by atoms with Gasteiger partial charge in [0.15, 0.2) is 5.65 Å². The summed E-state index contributed by atoms with van der Waals surface area (Å²) in [6, 6.07) is 4.93. The summed E-state index contributed by atoms with van der Waals surface area (Å²) >= 11 is 0. The zero-order valence-electron chi connectivity index (χ0n) is 18.2. The number of rotatable bonds is 7. The minimum atomic E-state index is -0.995. The molecule has 2 saturated carbocycles. The first-order chi connectivity index (χ1) is 16.0. The summed E-state index contributed by atoms with van der Waals surface area (Å²) < 4.78 is 20.9. The van der Waals surface area contributed by atoms with Gasteiger partial charge in [-0.1, -0.05) is 0 Å². The largest absolute Gasteiger partial charge is 0.473 e. The van der Waals surface area contributed by atoms with Crippen molar-refractivity contribution in [2.75, 3.05) is 17.7 Å². The number of nitrogens with one attached hydrogen (secondary N) is 3. The minimum Gasteiger partial charge on any atom is -0.473 e. The van der Waals surface area contributed by atoms with Gasteiger partial charge in [-0.15, -0.1) is 0 Å². The minimum absolute atomic E-state index is 0.0148. The number of nitrogens with zero attached hydrogens (tertiary/aromatic N) is 4. The van der Waals surface area contributed by atoms with Crippen molar-refractivity contribution in [2.45, 2.75) is 56.5 Å². The van der Waals surface area contributed by atoms with Gasteiger partial charge in [0.2, 0.25) is 5.88 Å². The average molecular weight is 455 g/mol. The van der Waals surface area contributed by atoms with E-state index in [1.807, 2.05) is 6.07 Å². The summed E-state index contributed by atoms with van der Waals surface area (Å²) in [6.07, 6.45) is 5.08. The van der Waals surface area contributed by atoms with Crippen molar-refractivity contribution in [1.29, 1.82) is 0 Å². The van der Waals surface area contributed by atoms with Gasteiger partial charge in [-0.05, 0) is 37.8 Å². The van der Waals surface area contributed by atoms with Gasteiger partial charge in [-0.25, -0.2) is 14.4 Å². The van der Waals surface area contributed by atoms with Crippen LogP contribution in [0.4, 0.5) is 21.7 Å². The fourth-order valence-corrected chi connectivity index (χ4v) is 3.96. The highest BCUT2D eigenvalue weighted by Gasteiger charge is 2.39. The molecule has 2 fully saturated rings. The van der Waals surface area contributed by atoms with Gasteiger partial charge in [0, 0.05) is 25.7 Å². The van der Waals surface area contributed by atoms with Crippen LogP contribution < -0.4 is 20.7 Å². The molecule has 4 N–H and O–H groups in total. The number of carbonyl (C=O) groups excluding carboxylic acids is 1. The summed E-state index contributed by atoms with van der Waals surface area (Å²) in [5, 5.41) is 22.9. The molecular weight excluding hydrogens is 429 g/mol. The van der Waals surface area contributed by atoms with Crippen LogP contribution in [0.15, 0.2) is 30.6 Å². The molecule has 0 aliphatic heterocycles. The van der Waals surface area contributed by atoms with Crippen LogP contribution in [0, 0.1) is 0 Å². The summed E-state index contributed by atoms with van der Waals surface area (Å²) in [5.41, 5.74) is 1.23. The monoisotopic (exact) mass is 455 g/mol. The van der Waals surface area contributed by atoms with Gasteiger partial charge in [0.05, 0.1) is 18.3 Å². The van der Waals surface area contributed by atoms with Crippen LogP contribution in [0.25, 0.3) is 5.65 Å². The second-order valence-electron chi connectivity index (χ2n) is 8.43. The maximum atomic E-state index is 13.2. The number of amides is 1. The Hall–Kier alpha value is -3.47. The number of anilines is 3. The van der Waals surface area contributed by atoms with E-state index in [4.69, 9.17) is 4.74 Å². The quantitative estimate of drug-likeness (QED) is 0.428. The highest BCUT2D eigenvalue weighted by molar-refractivity contribution is 6.00. The van der Waals surface area contributed by atoms with Crippen LogP contribution in [-0.4, -0.2) is 62.1 Å². The van der Waals surface area contributed by atoms with Crippen LogP contribution in [0.2, 0.25) is 0 Å². The standard InChI is InChI=1S/C22H26FN7O3/c1-24-19-10-18(29-20-14(11-26-30(19)20)21(32)28-17-9-15(17)23)27-16-3-2-8-25-22(16)33-13-6-4-12(31)5-7-13/h2-3,8,10-13,15,17,24,31H,4-7,9H2,1H3,(H,27,29)(H,28,32)/t12-,13-,15-,17+/m1/s1. The molecule has 5 rings (SSSR count). The molecule has 2 atom stereocenters. The normalized spacial score (nSPS) is 24.3. The van der Waals surface area contributed by atoms with Crippen molar-refractivity contribution in [1.82, 2.24) is 24.9 Å². The van der Waals surface area contributed by atoms with Crippen molar-refractivity contribution in [3.05, 3.63) is 36.2 Å². The van der Waals surface area contributed by atoms with Crippen LogP contribution >= 0.6 is 0 Å². The lowest BCUT2D eigenvalue weighted by molar-refractivity contribution is 0.0647. The van der Waals surface area contributed by atoms with E-state index in [0.29, 0.717) is 48.1 Å². The summed E-state index contributed by atoms with van der Waals surface area (Å²) in [4.78, 5) is 21.6. The first kappa shape index (κ1) is 21.4. The van der Waals surface area contributed by atoms with E-state index in [2.05, 4.69) is 31.0 Å². The molecule has 2 aliphatic carbocycles. The van der Waals surface area contributed by atoms with Crippen LogP contribution in [0.5, 0.6) is 5.88 Å². The van der Waals surface area contributed by atoms with E-state index in [-0.39, 0.29) is 17.8 Å². The molecule has 174 valence electrons. The van der Waals surface area contributed by atoms with Crippen LogP contribution in [-0.2, 0) is 0 Å². The number of pyridine rings is 1. The second-order valence-corrected chi connectivity index (χ2v) is 8.43. The predicted octanol–water partition coefficient (Wildman–Crippen LogP) is 2.43. The maximum absolute atomic E-state index is 13.2. The first-order valence-corrected chi connectivity index (χ1v) is 11.1. The van der Waals surface area contributed by atoms with Gasteiger partial charge in [-0.2, -0.15) is 9.61 Å². The molecule has 33 heavy (non-hydrogen) atoms. The predicted molar refractivity (Wildman–Crippen MR) is 120 cm³/mol. The fraction of sp³-hybridized carbons (Fsp3) is 0.455. The Morgan fingerprint density at radius 3 is 2.82 bits per heavy atom. The molecular formula is C22H26FN7O3. The molecule has 2 aliphatic rings. The number of aliphatic hydroxyl groups is 1. The number of carbonyl (C=O) groups is 1. The Kier molecular flexibility index (Phi) is 5.71. The van der Waals surface area contributed by atoms with E-state index < -0.39 is 18.1 Å². The highest BCUT2D eigenvalue weighted by Crippen LogP contribution is 2.30. The Morgan fingerprint density at radius 1 is 1.30 bits per heavy atom. The number of fused-ring (bicyclic) bond motifs is 1. The number of aliphatic hydroxyl groups excluding tert-OH is 1. The number of ether oxygens (including phenoxy) is 1. The zero-order valence-corrected chi connectivity index (χ0v) is 18.2. The molecule has 3 aromatic heterocycles. The zero-order chi connectivity index (χ0) is 22.9. The third-order valence-electron chi connectivity index (χ3n) is 5.96. The molecule has 0 unspecified atom stereocenters. The summed E-state index contributed by atoms with van der Waals surface area (Å²) in [6.45, 7) is 0. The van der Waals surface area contributed by atoms with Gasteiger partial charge in [0.1, 0.15) is 35.2 Å². The number of hydrogen-bond acceptors (Lipinski definition) is 8. The molecule has 0 aromatic carbocycles. The van der Waals surface area contributed by atoms with Crippen LogP contribution in [0.3, 0.4) is 0 Å². The summed E-state index contributed by atoms with van der Waals surface area (Å²) in [7, 11) is 1.74. The Morgan fingerprint density at radius 2 is 2.09 bits per heavy atom. The lowest BCUT2D eigenvalue weighted by Gasteiger charge is -2.26. The maximum Gasteiger partial charge on any atom is 0.257 e. The number of alkyl halides is 1. The van der Waals surface area contributed by atoms with Gasteiger partial charge >= 0.3 is 0 Å². The Bertz CT molecular complexity index is 1160. The van der Waals surface area contributed by atoms with Crippen LogP contribution in [0.1, 0.15) is 42.5 Å². The Labute approximate surface area is 189 Å². The van der Waals surface area contributed by atoms with E-state index in [1.54, 1.807) is 25.4 Å². The molecule has 10 nitrogen and oxygen atoms in total. The second kappa shape index (κ2) is 8.81. The third kappa shape index (κ3) is 4.54. The third-order valence-corrected chi connectivity index (χ3v) is 5.96. The van der Waals surface area contributed by atoms with Crippen molar-refractivity contribution in [3.8, 4) is 5.88 Å². The van der Waals surface area contributed by atoms with E-state index >= 15 is 0 Å². The van der Waals surface area contributed by atoms with E-state index in [9.17, 15) is 14.3 Å². The van der Waals surface area contributed by atoms with Crippen molar-refractivity contribution in [3.63, 3.8) is 0 Å². The molecule has 0 spiro atoms. The lowest BCUT2D eigenvalue weighted by Crippen LogP contribution is -2.27. The summed E-state index contributed by atoms with van der Waals surface area (Å²) in [5.74, 6) is 1.12. The highest BCUT2D eigenvalue weighted by atomic mass is 19.1. The van der Waals surface area contributed by atoms with Crippen molar-refractivity contribution >= 4 is 28.9 Å². The molecule has 3 heterocycles. The van der Waals surface area contributed by atoms with Gasteiger partial charge in [0.25, 0.3) is 5.91 Å². The Balaban J connectivity index is 1.41. The van der Waals surface area contributed by atoms with E-state index in [0.717, 1.165) is 12.8 Å². The first-order valence-electron chi connectivity index (χ1n) is 11.1. The van der Waals surface area contributed by atoms with Crippen molar-refractivity contribution in [2.24, 2.45) is 0 Å². The number of aromatic nitrogens is 4. The lowest BCUT2D eigenvalue weighted by atomic mass is 9.95. The molecule has 3 aromatic rings. The average Bonchev–Trinajstić information content (AvgIpc) is 3.33.